The van der Waals surface area contributed by atoms with Crippen molar-refractivity contribution in [3.8, 4) is 17.2 Å². The minimum absolute atomic E-state index is 0.0467. The van der Waals surface area contributed by atoms with E-state index < -0.39 is 17.5 Å². The van der Waals surface area contributed by atoms with Gasteiger partial charge in [0.2, 0.25) is 0 Å². The molecule has 0 radical (unpaired) electrons. The number of hydrogen-bond acceptors (Lipinski definition) is 4. The van der Waals surface area contributed by atoms with Crippen molar-refractivity contribution in [2.75, 3.05) is 20.8 Å². The number of nitrogens with one attached hydrogen (secondary N) is 1. The molecule has 0 fully saturated rings. The highest BCUT2D eigenvalue weighted by molar-refractivity contribution is 6.32. The van der Waals surface area contributed by atoms with Gasteiger partial charge >= 0.3 is 5.92 Å². The summed E-state index contributed by atoms with van der Waals surface area (Å²) in [5.74, 6) is -2.71. The summed E-state index contributed by atoms with van der Waals surface area (Å²) < 4.78 is 40.6. The number of ether oxygens (including phenoxy) is 2. The van der Waals surface area contributed by atoms with Crippen molar-refractivity contribution in [3.05, 3.63) is 82.7 Å². The molecule has 1 N–H and O–H groups in total. The van der Waals surface area contributed by atoms with Crippen molar-refractivity contribution >= 4 is 17.5 Å². The van der Waals surface area contributed by atoms with Crippen LogP contribution < -0.4 is 14.8 Å². The van der Waals surface area contributed by atoms with Gasteiger partial charge in [0.25, 0.3) is 5.91 Å². The molecule has 1 aromatic heterocycles. The van der Waals surface area contributed by atoms with Crippen LogP contribution in [0.3, 0.4) is 0 Å². The maximum Gasteiger partial charge on any atom is 0.309 e. The van der Waals surface area contributed by atoms with Crippen molar-refractivity contribution < 1.29 is 23.0 Å². The molecule has 0 aliphatic carbocycles. The molecule has 2 aromatic carbocycles. The first-order valence-corrected chi connectivity index (χ1v) is 10.5. The lowest BCUT2D eigenvalue weighted by Crippen LogP contribution is -2.28. The topological polar surface area (TPSA) is 65.4 Å². The number of alkyl halides is 2. The molecule has 0 bridgehead atoms. The second-order valence-electron chi connectivity index (χ2n) is 7.10. The molecule has 6 nitrogen and oxygen atoms in total. The Hall–Kier alpha value is -3.39. The number of rotatable bonds is 9. The Morgan fingerprint density at radius 2 is 1.88 bits per heavy atom. The number of amides is 1. The van der Waals surface area contributed by atoms with Crippen molar-refractivity contribution in [2.45, 2.75) is 19.3 Å². The fraction of sp³-hybridized carbons (Fsp3) is 0.250. The summed E-state index contributed by atoms with van der Waals surface area (Å²) in [7, 11) is 3.09. The van der Waals surface area contributed by atoms with Crippen LogP contribution >= 0.6 is 11.6 Å². The van der Waals surface area contributed by atoms with Gasteiger partial charge < -0.3 is 14.8 Å². The van der Waals surface area contributed by atoms with Gasteiger partial charge in [-0.1, -0.05) is 35.9 Å². The van der Waals surface area contributed by atoms with Crippen LogP contribution in [0.4, 0.5) is 8.78 Å². The summed E-state index contributed by atoms with van der Waals surface area (Å²) in [6.45, 7) is 1.75. The number of benzene rings is 2. The maximum absolute atomic E-state index is 14.5. The molecule has 9 heteroatoms. The zero-order valence-electron chi connectivity index (χ0n) is 18.4. The van der Waals surface area contributed by atoms with E-state index in [-0.39, 0.29) is 17.3 Å². The molecular formula is C24H24ClF2N3O3. The molecule has 3 aromatic rings. The number of hydrogen-bond donors (Lipinski definition) is 1. The zero-order valence-corrected chi connectivity index (χ0v) is 19.2. The molecule has 3 rings (SSSR count). The van der Waals surface area contributed by atoms with Gasteiger partial charge in [-0.3, -0.25) is 4.79 Å². The van der Waals surface area contributed by atoms with Crippen LogP contribution in [0.25, 0.3) is 5.69 Å². The minimum atomic E-state index is -3.34. The van der Waals surface area contributed by atoms with Gasteiger partial charge in [-0.25, -0.2) is 4.68 Å². The van der Waals surface area contributed by atoms with Crippen LogP contribution in [-0.2, 0) is 12.3 Å². The molecule has 0 aliphatic rings. The van der Waals surface area contributed by atoms with E-state index in [4.69, 9.17) is 21.1 Å². The number of carbonyl (C=O) groups is 1. The van der Waals surface area contributed by atoms with Gasteiger partial charge in [-0.2, -0.15) is 13.9 Å². The Labute approximate surface area is 195 Å². The highest BCUT2D eigenvalue weighted by Gasteiger charge is 2.33. The van der Waals surface area contributed by atoms with Gasteiger partial charge in [-0.15, -0.1) is 0 Å². The Bertz CT molecular complexity index is 1160. The number of allylic oxidation sites excluding steroid dienone is 2. The fourth-order valence-corrected chi connectivity index (χ4v) is 3.47. The molecule has 0 unspecified atom stereocenters. The van der Waals surface area contributed by atoms with E-state index in [1.807, 2.05) is 12.1 Å². The Kier molecular flexibility index (Phi) is 7.71. The monoisotopic (exact) mass is 475 g/mol. The molecule has 0 spiro atoms. The third-order valence-corrected chi connectivity index (χ3v) is 5.21. The summed E-state index contributed by atoms with van der Waals surface area (Å²) in [6.07, 6.45) is 2.45. The molecule has 0 aliphatic heterocycles. The van der Waals surface area contributed by atoms with Crippen molar-refractivity contribution in [2.24, 2.45) is 0 Å². The van der Waals surface area contributed by atoms with E-state index in [9.17, 15) is 13.6 Å². The lowest BCUT2D eigenvalue weighted by atomic mass is 10.1. The van der Waals surface area contributed by atoms with Crippen LogP contribution in [0, 0.1) is 0 Å². The number of methoxy groups -OCH3 is 2. The molecule has 33 heavy (non-hydrogen) atoms. The first-order valence-electron chi connectivity index (χ1n) is 10.2. The van der Waals surface area contributed by atoms with E-state index >= 15 is 0 Å². The third-order valence-electron chi connectivity index (χ3n) is 4.89. The summed E-state index contributed by atoms with van der Waals surface area (Å²) in [5.41, 5.74) is 0.639. The van der Waals surface area contributed by atoms with Crippen molar-refractivity contribution in [3.63, 3.8) is 0 Å². The molecule has 174 valence electrons. The quantitative estimate of drug-likeness (QED) is 0.433. The third kappa shape index (κ3) is 5.51. The Morgan fingerprint density at radius 3 is 2.55 bits per heavy atom. The van der Waals surface area contributed by atoms with Gasteiger partial charge in [0.1, 0.15) is 11.4 Å². The molecule has 1 amide bonds. The second-order valence-corrected chi connectivity index (χ2v) is 7.50. The fourth-order valence-electron chi connectivity index (χ4n) is 3.25. The average Bonchev–Trinajstić information content (AvgIpc) is 3.25. The van der Waals surface area contributed by atoms with E-state index in [1.54, 1.807) is 44.6 Å². The molecule has 0 atom stereocenters. The van der Waals surface area contributed by atoms with Crippen molar-refractivity contribution in [1.29, 1.82) is 0 Å². The smallest absolute Gasteiger partial charge is 0.309 e. The summed E-state index contributed by atoms with van der Waals surface area (Å²) in [4.78, 5) is 12.9. The summed E-state index contributed by atoms with van der Waals surface area (Å²) in [6, 6.07) is 13.1. The summed E-state index contributed by atoms with van der Waals surface area (Å²) in [5, 5.41) is 7.04. The van der Waals surface area contributed by atoms with E-state index in [1.165, 1.54) is 13.0 Å². The van der Waals surface area contributed by atoms with Gasteiger partial charge in [0.05, 0.1) is 24.9 Å². The van der Waals surface area contributed by atoms with Crippen LogP contribution in [0.2, 0.25) is 5.02 Å². The van der Waals surface area contributed by atoms with Gasteiger partial charge in [0, 0.05) is 6.54 Å². The molecule has 0 saturated heterocycles. The SMILES string of the molecule is C/C=C/C(F)(F)c1cc(C(=O)NCCc2ccc(OC)c(OC)c2)n(-c2ccccc2Cl)n1. The Morgan fingerprint density at radius 1 is 1.15 bits per heavy atom. The number of carbonyl (C=O) groups excluding carboxylic acids is 1. The van der Waals surface area contributed by atoms with Crippen LogP contribution in [0.5, 0.6) is 11.5 Å². The highest BCUT2D eigenvalue weighted by Crippen LogP contribution is 2.31. The lowest BCUT2D eigenvalue weighted by Gasteiger charge is -2.11. The first kappa shape index (κ1) is 24.3. The van der Waals surface area contributed by atoms with Crippen LogP contribution in [-0.4, -0.2) is 36.5 Å². The largest absolute Gasteiger partial charge is 0.493 e. The maximum atomic E-state index is 14.5. The van der Waals surface area contributed by atoms with E-state index in [0.717, 1.165) is 22.4 Å². The predicted molar refractivity (Wildman–Crippen MR) is 123 cm³/mol. The highest BCUT2D eigenvalue weighted by atomic mass is 35.5. The number of para-hydroxylation sites is 1. The van der Waals surface area contributed by atoms with E-state index in [0.29, 0.717) is 23.6 Å². The van der Waals surface area contributed by atoms with Crippen molar-refractivity contribution in [1.82, 2.24) is 15.1 Å². The van der Waals surface area contributed by atoms with E-state index in [2.05, 4.69) is 10.4 Å². The number of halogens is 3. The second kappa shape index (κ2) is 10.5. The molecular weight excluding hydrogens is 452 g/mol. The standard InChI is InChI=1S/C24H24ClF2N3O3/c1-4-12-24(26,27)22-15-19(30(29-22)18-8-6-5-7-17(18)25)23(31)28-13-11-16-9-10-20(32-2)21(14-16)33-3/h4-10,12,14-15H,11,13H2,1-3H3,(H,28,31)/b12-4+. The lowest BCUT2D eigenvalue weighted by molar-refractivity contribution is 0.0467. The molecule has 0 saturated carbocycles. The van der Waals surface area contributed by atoms with Gasteiger partial charge in [-0.05, 0) is 55.3 Å². The first-order chi connectivity index (χ1) is 15.8. The number of aromatic nitrogens is 2. The number of nitrogens with zero attached hydrogens (tertiary/aromatic N) is 2. The van der Waals surface area contributed by atoms with Crippen LogP contribution in [0.15, 0.2) is 60.7 Å². The normalized spacial score (nSPS) is 11.6. The minimum Gasteiger partial charge on any atom is -0.493 e. The zero-order chi connectivity index (χ0) is 24.0. The predicted octanol–water partition coefficient (Wildman–Crippen LogP) is 5.18. The summed E-state index contributed by atoms with van der Waals surface area (Å²) >= 11 is 6.24. The van der Waals surface area contributed by atoms with Crippen LogP contribution in [0.1, 0.15) is 28.7 Å². The van der Waals surface area contributed by atoms with Gasteiger partial charge in [0.15, 0.2) is 11.5 Å². The average molecular weight is 476 g/mol. The molecule has 1 heterocycles. The Balaban J connectivity index is 1.84.